The predicted molar refractivity (Wildman–Crippen MR) is 278 cm³/mol. The Morgan fingerprint density at radius 2 is 1.02 bits per heavy atom. The summed E-state index contributed by atoms with van der Waals surface area (Å²) in [6, 6.07) is 70.8. The smallest absolute Gasteiger partial charge is 0.0682 e. The molecule has 8 aromatic carbocycles. The molecule has 65 heavy (non-hydrogen) atoms. The Morgan fingerprint density at radius 3 is 1.66 bits per heavy atom. The first-order valence-electron chi connectivity index (χ1n) is 22.9. The summed E-state index contributed by atoms with van der Waals surface area (Å²) in [6.07, 6.45) is 10.9. The number of nitrogens with zero attached hydrogens (tertiary/aromatic N) is 1. The van der Waals surface area contributed by atoms with E-state index in [9.17, 15) is 0 Å². The number of nitrogen functional groups attached to an aromatic ring is 1. The van der Waals surface area contributed by atoms with Crippen molar-refractivity contribution >= 4 is 28.3 Å². The van der Waals surface area contributed by atoms with E-state index in [4.69, 9.17) is 11.5 Å². The molecule has 0 aromatic heterocycles. The Bertz CT molecular complexity index is 2930. The molecule has 3 atom stereocenters. The number of hydrogen-bond donors (Lipinski definition) is 2. The zero-order valence-corrected chi connectivity index (χ0v) is 38.2. The lowest BCUT2D eigenvalue weighted by atomic mass is 9.72. The van der Waals surface area contributed by atoms with Gasteiger partial charge in [-0.1, -0.05) is 219 Å². The molecular weight excluding hydrogens is 787 g/mol. The van der Waals surface area contributed by atoms with E-state index in [-0.39, 0.29) is 12.0 Å². The molecule has 3 unspecified atom stereocenters. The third-order valence-corrected chi connectivity index (χ3v) is 12.5. The molecule has 8 aromatic rings. The van der Waals surface area contributed by atoms with Crippen molar-refractivity contribution in [1.29, 1.82) is 0 Å². The van der Waals surface area contributed by atoms with Gasteiger partial charge >= 0.3 is 0 Å². The largest absolute Gasteiger partial charge is 0.398 e. The summed E-state index contributed by atoms with van der Waals surface area (Å²) < 4.78 is 0. The third-order valence-electron chi connectivity index (χ3n) is 12.5. The minimum absolute atomic E-state index is 0.0730. The fourth-order valence-electron chi connectivity index (χ4n) is 9.62. The molecule has 1 spiro atoms. The minimum atomic E-state index is -0.537. The molecule has 3 heteroatoms. The number of rotatable bonds is 5. The SMILES string of the molecule is CC.Cc1cccc2c1C1(C=C2c2ccccc2N)c2ccccc2-c2cccc(N(c3ccccc3)c3cccc(C4C=CC=CC4N)c3)c21.Cc1ccccc1.Cc1ccccc1. The first-order chi connectivity index (χ1) is 31.8. The van der Waals surface area contributed by atoms with Gasteiger partial charge in [-0.05, 0) is 102 Å². The van der Waals surface area contributed by atoms with Crippen molar-refractivity contribution < 1.29 is 0 Å². The predicted octanol–water partition coefficient (Wildman–Crippen LogP) is 15.4. The maximum Gasteiger partial charge on any atom is 0.0682 e. The third kappa shape index (κ3) is 8.76. The number of fused-ring (bicyclic) bond motifs is 7. The van der Waals surface area contributed by atoms with Crippen molar-refractivity contribution in [1.82, 2.24) is 0 Å². The van der Waals surface area contributed by atoms with Gasteiger partial charge < -0.3 is 16.4 Å². The van der Waals surface area contributed by atoms with E-state index in [0.29, 0.717) is 0 Å². The topological polar surface area (TPSA) is 55.3 Å². The highest BCUT2D eigenvalue weighted by Gasteiger charge is 2.50. The standard InChI is InChI=1S/C46H37N3.2C7H8.C2H6/c1-30-14-11-22-38-39(36-21-7-10-26-42(36)48)29-46(44(30)38)40-24-8-5-20-35(40)37-23-13-27-43(45(37)46)49(32-16-3-2-4-17-32)33-18-12-15-31(28-33)34-19-6-9-25-41(34)47;2*1-7-5-3-2-4-6-7;1-2/h2-29,34,41H,47-48H2,1H3;2*2-6H,1H3;1-2H3. The van der Waals surface area contributed by atoms with E-state index < -0.39 is 5.41 Å². The van der Waals surface area contributed by atoms with E-state index >= 15 is 0 Å². The summed E-state index contributed by atoms with van der Waals surface area (Å²) in [5.74, 6) is 0.103. The first kappa shape index (κ1) is 44.2. The molecule has 3 aliphatic rings. The van der Waals surface area contributed by atoms with Crippen molar-refractivity contribution in [2.45, 2.75) is 52.0 Å². The Morgan fingerprint density at radius 1 is 0.477 bits per heavy atom. The molecule has 0 saturated carbocycles. The van der Waals surface area contributed by atoms with Crippen LogP contribution in [0.2, 0.25) is 0 Å². The fourth-order valence-corrected chi connectivity index (χ4v) is 9.62. The number of hydrogen-bond acceptors (Lipinski definition) is 3. The first-order valence-corrected chi connectivity index (χ1v) is 22.9. The highest BCUT2D eigenvalue weighted by atomic mass is 15.1. The second-order valence-electron chi connectivity index (χ2n) is 16.6. The summed E-state index contributed by atoms with van der Waals surface area (Å²) in [4.78, 5) is 2.44. The van der Waals surface area contributed by atoms with Gasteiger partial charge in [0.25, 0.3) is 0 Å². The van der Waals surface area contributed by atoms with E-state index in [1.165, 1.54) is 61.2 Å². The van der Waals surface area contributed by atoms with Crippen molar-refractivity contribution in [3.8, 4) is 11.1 Å². The Labute approximate surface area is 386 Å². The van der Waals surface area contributed by atoms with Gasteiger partial charge in [0.2, 0.25) is 0 Å². The van der Waals surface area contributed by atoms with E-state index in [1.807, 2.05) is 68.5 Å². The number of aryl methyl sites for hydroxylation is 3. The molecule has 0 amide bonds. The highest BCUT2D eigenvalue weighted by molar-refractivity contribution is 6.01. The quantitative estimate of drug-likeness (QED) is 0.170. The molecular formula is C62H59N3. The Balaban J connectivity index is 0.000000306. The summed E-state index contributed by atoms with van der Waals surface area (Å²) >= 11 is 0. The van der Waals surface area contributed by atoms with Gasteiger partial charge in [0.05, 0.1) is 11.1 Å². The van der Waals surface area contributed by atoms with Crippen LogP contribution in [0.25, 0.3) is 16.7 Å². The molecule has 0 fully saturated rings. The zero-order chi connectivity index (χ0) is 45.3. The average molecular weight is 846 g/mol. The summed E-state index contributed by atoms with van der Waals surface area (Å²) in [5, 5.41) is 0. The lowest BCUT2D eigenvalue weighted by Gasteiger charge is -2.35. The molecule has 3 nitrogen and oxygen atoms in total. The Hall–Kier alpha value is -7.46. The van der Waals surface area contributed by atoms with Gasteiger partial charge in [-0.2, -0.15) is 0 Å². The molecule has 0 radical (unpaired) electrons. The number of anilines is 4. The lowest BCUT2D eigenvalue weighted by Crippen LogP contribution is -2.27. The lowest BCUT2D eigenvalue weighted by molar-refractivity contribution is 0.713. The van der Waals surface area contributed by atoms with Crippen LogP contribution in [0.3, 0.4) is 0 Å². The molecule has 4 N–H and O–H groups in total. The van der Waals surface area contributed by atoms with E-state index in [0.717, 1.165) is 28.3 Å². The summed E-state index contributed by atoms with van der Waals surface area (Å²) in [7, 11) is 0. The number of nitrogens with two attached hydrogens (primary N) is 2. The Kier molecular flexibility index (Phi) is 13.5. The summed E-state index contributed by atoms with van der Waals surface area (Å²) in [6.45, 7) is 10.4. The molecule has 0 aliphatic heterocycles. The van der Waals surface area contributed by atoms with Crippen LogP contribution in [0.1, 0.15) is 69.8 Å². The van der Waals surface area contributed by atoms with Crippen LogP contribution in [-0.4, -0.2) is 6.04 Å². The highest BCUT2D eigenvalue weighted by Crippen LogP contribution is 2.63. The maximum atomic E-state index is 6.72. The van der Waals surface area contributed by atoms with Crippen LogP contribution < -0.4 is 16.4 Å². The zero-order valence-electron chi connectivity index (χ0n) is 38.2. The molecule has 3 aliphatic carbocycles. The van der Waals surface area contributed by atoms with Gasteiger partial charge in [-0.25, -0.2) is 0 Å². The van der Waals surface area contributed by atoms with Crippen LogP contribution in [0, 0.1) is 20.8 Å². The van der Waals surface area contributed by atoms with E-state index in [2.05, 4.69) is 202 Å². The van der Waals surface area contributed by atoms with Crippen LogP contribution >= 0.6 is 0 Å². The van der Waals surface area contributed by atoms with Crippen molar-refractivity contribution in [2.75, 3.05) is 10.6 Å². The second kappa shape index (κ2) is 19.9. The minimum Gasteiger partial charge on any atom is -0.398 e. The molecule has 322 valence electrons. The monoisotopic (exact) mass is 845 g/mol. The second-order valence-corrected chi connectivity index (χ2v) is 16.6. The van der Waals surface area contributed by atoms with Gasteiger partial charge in [0.15, 0.2) is 0 Å². The van der Waals surface area contributed by atoms with Crippen LogP contribution in [-0.2, 0) is 5.41 Å². The van der Waals surface area contributed by atoms with Gasteiger partial charge in [-0.3, -0.25) is 0 Å². The summed E-state index contributed by atoms with van der Waals surface area (Å²) in [5.41, 5.74) is 31.9. The van der Waals surface area contributed by atoms with Crippen molar-refractivity contribution in [3.63, 3.8) is 0 Å². The number of allylic oxidation sites excluding steroid dienone is 3. The normalized spacial score (nSPS) is 16.9. The molecule has 0 heterocycles. The van der Waals surface area contributed by atoms with Gasteiger partial charge in [0, 0.05) is 40.1 Å². The van der Waals surface area contributed by atoms with E-state index in [1.54, 1.807) is 0 Å². The van der Waals surface area contributed by atoms with Gasteiger partial charge in [-0.15, -0.1) is 0 Å². The molecule has 0 saturated heterocycles. The van der Waals surface area contributed by atoms with Crippen molar-refractivity contribution in [3.05, 3.63) is 281 Å². The number of para-hydroxylation sites is 2. The average Bonchev–Trinajstić information content (AvgIpc) is 3.85. The molecule has 11 rings (SSSR count). The number of benzene rings is 8. The molecule has 0 bridgehead atoms. The van der Waals surface area contributed by atoms with Gasteiger partial charge in [0.1, 0.15) is 0 Å². The van der Waals surface area contributed by atoms with Crippen LogP contribution in [0.15, 0.2) is 231 Å². The van der Waals surface area contributed by atoms with Crippen LogP contribution in [0.5, 0.6) is 0 Å². The van der Waals surface area contributed by atoms with Crippen LogP contribution in [0.4, 0.5) is 22.7 Å². The van der Waals surface area contributed by atoms with Crippen molar-refractivity contribution in [2.24, 2.45) is 5.73 Å². The fraction of sp³-hybridized carbons (Fsp3) is 0.129. The maximum absolute atomic E-state index is 6.72.